The fourth-order valence-electron chi connectivity index (χ4n) is 3.69. The molecule has 1 N–H and O–H groups in total. The van der Waals surface area contributed by atoms with Crippen LogP contribution in [0.5, 0.6) is 0 Å². The molecule has 0 fully saturated rings. The van der Waals surface area contributed by atoms with E-state index in [-0.39, 0.29) is 21.0 Å². The number of benzene rings is 2. The van der Waals surface area contributed by atoms with Crippen LogP contribution in [0.25, 0.3) is 0 Å². The number of carboxylic acids is 1. The second kappa shape index (κ2) is 7.87. The van der Waals surface area contributed by atoms with Crippen molar-refractivity contribution >= 4 is 72.5 Å². The van der Waals surface area contributed by atoms with Gasteiger partial charge in [0.2, 0.25) is 15.8 Å². The van der Waals surface area contributed by atoms with Crippen molar-refractivity contribution < 1.29 is 23.1 Å². The predicted octanol–water partition coefficient (Wildman–Crippen LogP) is 4.25. The Balaban J connectivity index is 2.02. The molecule has 1 amide bonds. The van der Waals surface area contributed by atoms with Gasteiger partial charge in [-0.15, -0.1) is 0 Å². The van der Waals surface area contributed by atoms with Crippen molar-refractivity contribution in [2.75, 3.05) is 10.7 Å². The first-order valence-electron chi connectivity index (χ1n) is 9.04. The Morgan fingerprint density at radius 3 is 2.31 bits per heavy atom. The molecule has 166 valence electrons. The van der Waals surface area contributed by atoms with Gasteiger partial charge in [0.1, 0.15) is 0 Å². The molecule has 0 saturated heterocycles. The third-order valence-electron chi connectivity index (χ3n) is 5.12. The van der Waals surface area contributed by atoms with Gasteiger partial charge < -0.3 is 5.11 Å². The van der Waals surface area contributed by atoms with E-state index in [0.717, 1.165) is 10.7 Å². The Bertz CT molecular complexity index is 1350. The smallest absolute Gasteiger partial charge is 0.319 e. The van der Waals surface area contributed by atoms with Crippen molar-refractivity contribution in [1.82, 2.24) is 9.55 Å². The van der Waals surface area contributed by atoms with Crippen LogP contribution in [0.3, 0.4) is 0 Å². The van der Waals surface area contributed by atoms with Crippen LogP contribution in [0, 0.1) is 0 Å². The Kier molecular flexibility index (Phi) is 5.61. The summed E-state index contributed by atoms with van der Waals surface area (Å²) in [6.45, 7) is 1.55. The molecule has 1 aliphatic heterocycles. The first-order valence-corrected chi connectivity index (χ1v) is 12.2. The molecule has 2 heterocycles. The van der Waals surface area contributed by atoms with E-state index in [1.165, 1.54) is 27.7 Å². The number of amides is 1. The molecule has 8 nitrogen and oxygen atoms in total. The van der Waals surface area contributed by atoms with Gasteiger partial charge in [0.05, 0.1) is 11.9 Å². The highest BCUT2D eigenvalue weighted by atomic mass is 79.9. The average molecular weight is 559 g/mol. The maximum absolute atomic E-state index is 13.8. The lowest BCUT2D eigenvalue weighted by molar-refractivity contribution is -0.134. The summed E-state index contributed by atoms with van der Waals surface area (Å²) in [6, 6.07) is 11.3. The van der Waals surface area contributed by atoms with Gasteiger partial charge in [-0.05, 0) is 42.8 Å². The molecule has 4 rings (SSSR count). The molecule has 0 spiro atoms. The maximum atomic E-state index is 13.8. The molecule has 0 unspecified atom stereocenters. The van der Waals surface area contributed by atoms with E-state index in [0.29, 0.717) is 11.3 Å². The summed E-state index contributed by atoms with van der Waals surface area (Å²) in [6.07, 6.45) is 1.05. The number of halogens is 3. The average Bonchev–Trinajstić information content (AvgIpc) is 3.20. The second-order valence-electron chi connectivity index (χ2n) is 7.23. The Hall–Kier alpha value is -2.40. The van der Waals surface area contributed by atoms with Gasteiger partial charge in [-0.1, -0.05) is 51.3 Å². The number of imidazole rings is 1. The van der Waals surface area contributed by atoms with Gasteiger partial charge >= 0.3 is 5.97 Å². The molecule has 0 bridgehead atoms. The van der Waals surface area contributed by atoms with Crippen LogP contribution < -0.4 is 4.90 Å². The zero-order chi connectivity index (χ0) is 23.4. The van der Waals surface area contributed by atoms with Crippen LogP contribution in [0.4, 0.5) is 11.6 Å². The summed E-state index contributed by atoms with van der Waals surface area (Å²) < 4.78 is 27.8. The summed E-state index contributed by atoms with van der Waals surface area (Å²) in [7, 11) is -4.31. The predicted molar refractivity (Wildman–Crippen MR) is 122 cm³/mol. The molecule has 0 saturated carbocycles. The van der Waals surface area contributed by atoms with Crippen molar-refractivity contribution in [3.8, 4) is 0 Å². The first kappa shape index (κ1) is 22.8. The molecule has 3 aromatic rings. The Morgan fingerprint density at radius 1 is 1.16 bits per heavy atom. The van der Waals surface area contributed by atoms with E-state index >= 15 is 0 Å². The fourth-order valence-corrected chi connectivity index (χ4v) is 5.70. The molecule has 0 aliphatic carbocycles. The van der Waals surface area contributed by atoms with E-state index in [2.05, 4.69) is 20.9 Å². The highest BCUT2D eigenvalue weighted by Gasteiger charge is 2.53. The number of rotatable bonds is 5. The van der Waals surface area contributed by atoms with Crippen molar-refractivity contribution in [2.45, 2.75) is 17.5 Å². The quantitative estimate of drug-likeness (QED) is 0.501. The van der Waals surface area contributed by atoms with E-state index < -0.39 is 33.0 Å². The van der Waals surface area contributed by atoms with Crippen molar-refractivity contribution in [2.24, 2.45) is 0 Å². The maximum Gasteiger partial charge on any atom is 0.319 e. The zero-order valence-electron chi connectivity index (χ0n) is 16.3. The first-order chi connectivity index (χ1) is 14.9. The number of aliphatic carboxylic acids is 1. The van der Waals surface area contributed by atoms with Gasteiger partial charge in [0.15, 0.2) is 16.3 Å². The number of aromatic nitrogens is 2. The second-order valence-corrected chi connectivity index (χ2v) is 11.0. The van der Waals surface area contributed by atoms with Crippen LogP contribution in [-0.2, 0) is 25.0 Å². The zero-order valence-corrected chi connectivity index (χ0v) is 20.2. The number of carbonyl (C=O) groups is 2. The van der Waals surface area contributed by atoms with E-state index in [9.17, 15) is 18.0 Å². The highest BCUT2D eigenvalue weighted by Crippen LogP contribution is 2.46. The minimum atomic E-state index is -4.31. The number of anilines is 2. The summed E-state index contributed by atoms with van der Waals surface area (Å²) >= 11 is 15.6. The lowest BCUT2D eigenvalue weighted by Crippen LogP contribution is -2.41. The monoisotopic (exact) mass is 557 g/mol. The number of sulfone groups is 1. The van der Waals surface area contributed by atoms with Gasteiger partial charge in [-0.3, -0.25) is 14.2 Å². The molecule has 2 aromatic carbocycles. The summed E-state index contributed by atoms with van der Waals surface area (Å²) in [4.78, 5) is 30.4. The van der Waals surface area contributed by atoms with Gasteiger partial charge in [-0.2, -0.15) is 0 Å². The minimum Gasteiger partial charge on any atom is -0.480 e. The van der Waals surface area contributed by atoms with Crippen molar-refractivity contribution in [1.29, 1.82) is 0 Å². The molecule has 12 heteroatoms. The Morgan fingerprint density at radius 2 is 1.75 bits per heavy atom. The van der Waals surface area contributed by atoms with Crippen LogP contribution in [-0.4, -0.2) is 40.7 Å². The number of carboxylic acid groups (broad SMARTS) is 1. The third kappa shape index (κ3) is 3.61. The fraction of sp³-hybridized carbons (Fsp3) is 0.150. The topological polar surface area (TPSA) is 110 Å². The normalized spacial score (nSPS) is 18.1. The molecule has 1 aromatic heterocycles. The van der Waals surface area contributed by atoms with Gasteiger partial charge in [-0.25, -0.2) is 18.3 Å². The summed E-state index contributed by atoms with van der Waals surface area (Å²) in [5.74, 6) is -3.17. The van der Waals surface area contributed by atoms with E-state index in [4.69, 9.17) is 28.3 Å². The Labute approximate surface area is 201 Å². The molecular formula is C20H14BrCl2N3O5S. The SMILES string of the molecule is C[C@@]1(c2ccc(Br)cc2)C(=O)N(c2cc(Cl)cc(Cl)c2)c2ncc(S(=O)(=O)CC(=O)O)n21. The summed E-state index contributed by atoms with van der Waals surface area (Å²) in [5.41, 5.74) is -0.767. The number of fused-ring (bicyclic) bond motifs is 1. The van der Waals surface area contributed by atoms with E-state index in [1.54, 1.807) is 31.2 Å². The molecular weight excluding hydrogens is 545 g/mol. The van der Waals surface area contributed by atoms with Crippen LogP contribution in [0.1, 0.15) is 12.5 Å². The van der Waals surface area contributed by atoms with Crippen LogP contribution in [0.15, 0.2) is 58.2 Å². The van der Waals surface area contributed by atoms with Crippen LogP contribution >= 0.6 is 39.1 Å². The third-order valence-corrected chi connectivity index (χ3v) is 7.64. The highest BCUT2D eigenvalue weighted by molar-refractivity contribution is 9.10. The summed E-state index contributed by atoms with van der Waals surface area (Å²) in [5, 5.41) is 9.26. The molecule has 1 aliphatic rings. The van der Waals surface area contributed by atoms with Crippen molar-refractivity contribution in [3.05, 3.63) is 68.7 Å². The number of carbonyl (C=O) groups excluding carboxylic acids is 1. The lowest BCUT2D eigenvalue weighted by atomic mass is 9.91. The number of hydrogen-bond acceptors (Lipinski definition) is 5. The van der Waals surface area contributed by atoms with Crippen molar-refractivity contribution in [3.63, 3.8) is 0 Å². The van der Waals surface area contributed by atoms with Crippen LogP contribution in [0.2, 0.25) is 10.0 Å². The van der Waals surface area contributed by atoms with E-state index in [1.807, 2.05) is 0 Å². The lowest BCUT2D eigenvalue weighted by Gasteiger charge is -2.27. The molecule has 32 heavy (non-hydrogen) atoms. The van der Waals surface area contributed by atoms with Gasteiger partial charge in [0, 0.05) is 14.5 Å². The number of hydrogen-bond donors (Lipinski definition) is 1. The minimum absolute atomic E-state index is 0.00251. The van der Waals surface area contributed by atoms with Gasteiger partial charge in [0.25, 0.3) is 5.91 Å². The molecule has 0 radical (unpaired) electrons. The standard InChI is InChI=1S/C20H14BrCl2N3O5S/c1-20(11-2-4-12(21)5-3-11)18(29)25(15-7-13(22)6-14(23)8-15)19-24-9-16(26(19)20)32(30,31)10-17(27)28/h2-9H,10H2,1H3,(H,27,28)/t20-/m1/s1. The molecule has 1 atom stereocenters. The number of nitrogens with zero attached hydrogens (tertiary/aromatic N) is 3. The largest absolute Gasteiger partial charge is 0.480 e.